The number of hydrogen-bond donors (Lipinski definition) is 1. The molecule has 0 spiro atoms. The predicted molar refractivity (Wildman–Crippen MR) is 93.7 cm³/mol. The molecular formula is C16H15Br2NO3. The lowest BCUT2D eigenvalue weighted by Crippen LogP contribution is -2.14. The maximum Gasteiger partial charge on any atom is 0.228 e. The van der Waals surface area contributed by atoms with E-state index in [1.54, 1.807) is 26.4 Å². The van der Waals surface area contributed by atoms with Crippen molar-refractivity contribution in [2.24, 2.45) is 0 Å². The molecule has 1 amide bonds. The van der Waals surface area contributed by atoms with Gasteiger partial charge in [0.25, 0.3) is 0 Å². The second kappa shape index (κ2) is 7.65. The highest BCUT2D eigenvalue weighted by Gasteiger charge is 2.10. The minimum atomic E-state index is -0.106. The summed E-state index contributed by atoms with van der Waals surface area (Å²) < 4.78 is 12.2. The predicted octanol–water partition coefficient (Wildman–Crippen LogP) is 4.41. The first-order chi connectivity index (χ1) is 10.5. The summed E-state index contributed by atoms with van der Waals surface area (Å²) in [5.41, 5.74) is 1.57. The van der Waals surface area contributed by atoms with Gasteiger partial charge in [-0.15, -0.1) is 0 Å². The van der Waals surface area contributed by atoms with Gasteiger partial charge in [0.2, 0.25) is 5.91 Å². The largest absolute Gasteiger partial charge is 0.493 e. The molecule has 0 unspecified atom stereocenters. The Morgan fingerprint density at radius 2 is 1.77 bits per heavy atom. The third-order valence-electron chi connectivity index (χ3n) is 3.02. The molecule has 1 N–H and O–H groups in total. The first-order valence-corrected chi connectivity index (χ1v) is 8.08. The molecule has 0 radical (unpaired) electrons. The van der Waals surface area contributed by atoms with E-state index in [4.69, 9.17) is 9.47 Å². The smallest absolute Gasteiger partial charge is 0.228 e. The highest BCUT2D eigenvalue weighted by Crippen LogP contribution is 2.29. The lowest BCUT2D eigenvalue weighted by Gasteiger charge is -2.11. The fourth-order valence-electron chi connectivity index (χ4n) is 1.96. The van der Waals surface area contributed by atoms with Gasteiger partial charge in [0.05, 0.1) is 26.3 Å². The van der Waals surface area contributed by atoms with Gasteiger partial charge >= 0.3 is 0 Å². The minimum absolute atomic E-state index is 0.106. The SMILES string of the molecule is COc1ccc(CC(=O)Nc2cc(Br)ccc2Br)cc1OC. The molecule has 0 saturated heterocycles. The van der Waals surface area contributed by atoms with Gasteiger partial charge in [-0.1, -0.05) is 22.0 Å². The number of halogens is 2. The van der Waals surface area contributed by atoms with E-state index in [1.165, 1.54) is 0 Å². The number of carbonyl (C=O) groups excluding carboxylic acids is 1. The van der Waals surface area contributed by atoms with Crippen molar-refractivity contribution in [3.8, 4) is 11.5 Å². The minimum Gasteiger partial charge on any atom is -0.493 e. The van der Waals surface area contributed by atoms with Crippen molar-refractivity contribution in [3.05, 3.63) is 50.9 Å². The maximum absolute atomic E-state index is 12.2. The van der Waals surface area contributed by atoms with Crippen LogP contribution in [0.25, 0.3) is 0 Å². The van der Waals surface area contributed by atoms with Crippen LogP contribution >= 0.6 is 31.9 Å². The standard InChI is InChI=1S/C16H15Br2NO3/c1-21-14-6-3-10(7-15(14)22-2)8-16(20)19-13-9-11(17)4-5-12(13)18/h3-7,9H,8H2,1-2H3,(H,19,20). The second-order valence-electron chi connectivity index (χ2n) is 4.54. The molecule has 0 heterocycles. The summed E-state index contributed by atoms with van der Waals surface area (Å²) in [5, 5.41) is 2.88. The van der Waals surface area contributed by atoms with E-state index in [-0.39, 0.29) is 12.3 Å². The van der Waals surface area contributed by atoms with E-state index in [9.17, 15) is 4.79 Å². The van der Waals surface area contributed by atoms with Gasteiger partial charge in [0.15, 0.2) is 11.5 Å². The average Bonchev–Trinajstić information content (AvgIpc) is 2.50. The Labute approximate surface area is 146 Å². The van der Waals surface area contributed by atoms with E-state index >= 15 is 0 Å². The van der Waals surface area contributed by atoms with Crippen molar-refractivity contribution in [1.29, 1.82) is 0 Å². The first kappa shape index (κ1) is 16.8. The van der Waals surface area contributed by atoms with Crippen molar-refractivity contribution in [2.45, 2.75) is 6.42 Å². The van der Waals surface area contributed by atoms with Gasteiger partial charge in [-0.2, -0.15) is 0 Å². The average molecular weight is 429 g/mol. The number of anilines is 1. The van der Waals surface area contributed by atoms with E-state index in [1.807, 2.05) is 24.3 Å². The van der Waals surface area contributed by atoms with Crippen LogP contribution in [0.1, 0.15) is 5.56 Å². The molecule has 6 heteroatoms. The molecule has 0 fully saturated rings. The zero-order valence-corrected chi connectivity index (χ0v) is 15.3. The third-order valence-corrected chi connectivity index (χ3v) is 4.20. The maximum atomic E-state index is 12.2. The fraction of sp³-hybridized carbons (Fsp3) is 0.188. The van der Waals surface area contributed by atoms with E-state index in [2.05, 4.69) is 37.2 Å². The van der Waals surface area contributed by atoms with Crippen molar-refractivity contribution in [3.63, 3.8) is 0 Å². The van der Waals surface area contributed by atoms with Crippen LogP contribution in [0.15, 0.2) is 45.3 Å². The number of rotatable bonds is 5. The Bertz CT molecular complexity index is 689. The van der Waals surface area contributed by atoms with Crippen LogP contribution in [0.3, 0.4) is 0 Å². The summed E-state index contributed by atoms with van der Waals surface area (Å²) in [5.74, 6) is 1.14. The summed E-state index contributed by atoms with van der Waals surface area (Å²) in [7, 11) is 3.15. The van der Waals surface area contributed by atoms with Crippen LogP contribution in [0, 0.1) is 0 Å². The molecule has 0 saturated carbocycles. The van der Waals surface area contributed by atoms with Gasteiger partial charge < -0.3 is 14.8 Å². The van der Waals surface area contributed by atoms with E-state index < -0.39 is 0 Å². The Kier molecular flexibility index (Phi) is 5.85. The molecule has 0 aromatic heterocycles. The van der Waals surface area contributed by atoms with Gasteiger partial charge in [0.1, 0.15) is 0 Å². The van der Waals surface area contributed by atoms with Gasteiger partial charge in [0, 0.05) is 8.95 Å². The highest BCUT2D eigenvalue weighted by atomic mass is 79.9. The number of methoxy groups -OCH3 is 2. The van der Waals surface area contributed by atoms with Crippen LogP contribution in [0.2, 0.25) is 0 Å². The quantitative estimate of drug-likeness (QED) is 0.767. The highest BCUT2D eigenvalue weighted by molar-refractivity contribution is 9.11. The summed E-state index contributed by atoms with van der Waals surface area (Å²) in [4.78, 5) is 12.2. The lowest BCUT2D eigenvalue weighted by atomic mass is 10.1. The Balaban J connectivity index is 2.10. The molecule has 22 heavy (non-hydrogen) atoms. The topological polar surface area (TPSA) is 47.6 Å². The van der Waals surface area contributed by atoms with Gasteiger partial charge in [-0.3, -0.25) is 4.79 Å². The van der Waals surface area contributed by atoms with Crippen LogP contribution in [-0.2, 0) is 11.2 Å². The number of ether oxygens (including phenoxy) is 2. The van der Waals surface area contributed by atoms with Crippen LogP contribution in [0.5, 0.6) is 11.5 Å². The molecule has 2 aromatic carbocycles. The molecule has 2 aromatic rings. The summed E-state index contributed by atoms with van der Waals surface area (Å²) in [6, 6.07) is 11.0. The normalized spacial score (nSPS) is 10.2. The number of benzene rings is 2. The zero-order valence-electron chi connectivity index (χ0n) is 12.2. The van der Waals surface area contributed by atoms with Crippen molar-refractivity contribution in [1.82, 2.24) is 0 Å². The number of carbonyl (C=O) groups is 1. The number of amides is 1. The lowest BCUT2D eigenvalue weighted by molar-refractivity contribution is -0.115. The summed E-state index contributed by atoms with van der Waals surface area (Å²) >= 11 is 6.80. The van der Waals surface area contributed by atoms with E-state index in [0.29, 0.717) is 11.5 Å². The van der Waals surface area contributed by atoms with Crippen LogP contribution in [-0.4, -0.2) is 20.1 Å². The van der Waals surface area contributed by atoms with Gasteiger partial charge in [-0.25, -0.2) is 0 Å². The Morgan fingerprint density at radius 1 is 1.05 bits per heavy atom. The third kappa shape index (κ3) is 4.24. The second-order valence-corrected chi connectivity index (χ2v) is 6.31. The zero-order chi connectivity index (χ0) is 16.1. The molecule has 0 aliphatic rings. The fourth-order valence-corrected chi connectivity index (χ4v) is 2.67. The van der Waals surface area contributed by atoms with Crippen molar-refractivity contribution >= 4 is 43.5 Å². The molecule has 116 valence electrons. The first-order valence-electron chi connectivity index (χ1n) is 6.49. The Hall–Kier alpha value is -1.53. The van der Waals surface area contributed by atoms with Crippen molar-refractivity contribution in [2.75, 3.05) is 19.5 Å². The summed E-state index contributed by atoms with van der Waals surface area (Å²) in [6.07, 6.45) is 0.249. The molecule has 0 aliphatic heterocycles. The van der Waals surface area contributed by atoms with Gasteiger partial charge in [-0.05, 0) is 51.8 Å². The molecule has 0 bridgehead atoms. The Morgan fingerprint density at radius 3 is 2.45 bits per heavy atom. The molecule has 2 rings (SSSR count). The van der Waals surface area contributed by atoms with E-state index in [0.717, 1.165) is 20.2 Å². The molecule has 0 atom stereocenters. The molecule has 0 aliphatic carbocycles. The van der Waals surface area contributed by atoms with Crippen LogP contribution in [0.4, 0.5) is 5.69 Å². The monoisotopic (exact) mass is 427 g/mol. The number of nitrogens with one attached hydrogen (secondary N) is 1. The van der Waals surface area contributed by atoms with Crippen LogP contribution < -0.4 is 14.8 Å². The summed E-state index contributed by atoms with van der Waals surface area (Å²) in [6.45, 7) is 0. The molecule has 4 nitrogen and oxygen atoms in total. The number of hydrogen-bond acceptors (Lipinski definition) is 3. The molecular weight excluding hydrogens is 414 g/mol. The van der Waals surface area contributed by atoms with Crippen molar-refractivity contribution < 1.29 is 14.3 Å².